The van der Waals surface area contributed by atoms with E-state index in [1.54, 1.807) is 18.3 Å². The van der Waals surface area contributed by atoms with Crippen LogP contribution in [0, 0.1) is 0 Å². The van der Waals surface area contributed by atoms with E-state index in [1.807, 2.05) is 26.8 Å². The van der Waals surface area contributed by atoms with Crippen molar-refractivity contribution >= 4 is 23.4 Å². The Morgan fingerprint density at radius 3 is 2.41 bits per heavy atom. The predicted molar refractivity (Wildman–Crippen MR) is 120 cm³/mol. The van der Waals surface area contributed by atoms with Crippen LogP contribution in [0.25, 0.3) is 0 Å². The van der Waals surface area contributed by atoms with E-state index >= 15 is 0 Å². The number of esters is 1. The topological polar surface area (TPSA) is 45.7 Å². The van der Waals surface area contributed by atoms with Crippen LogP contribution in [0.5, 0.6) is 0 Å². The van der Waals surface area contributed by atoms with Gasteiger partial charge in [-0.2, -0.15) is 13.2 Å². The zero-order chi connectivity index (χ0) is 23.7. The maximum atomic E-state index is 12.7. The Bertz CT molecular complexity index is 956. The van der Waals surface area contributed by atoms with E-state index in [0.29, 0.717) is 25.3 Å². The van der Waals surface area contributed by atoms with Crippen LogP contribution in [0.1, 0.15) is 50.5 Å². The molecular weight excluding hydrogens is 439 g/mol. The van der Waals surface area contributed by atoms with E-state index in [9.17, 15) is 18.0 Å². The molecular formula is C23H28F3N3O2S. The molecule has 2 aromatic rings. The summed E-state index contributed by atoms with van der Waals surface area (Å²) in [5.74, 6) is -0.410. The van der Waals surface area contributed by atoms with Gasteiger partial charge in [0.2, 0.25) is 0 Å². The summed E-state index contributed by atoms with van der Waals surface area (Å²) in [7, 11) is 0. The molecule has 0 N–H and O–H groups in total. The van der Waals surface area contributed by atoms with E-state index in [0.717, 1.165) is 11.3 Å². The van der Waals surface area contributed by atoms with E-state index in [2.05, 4.69) is 28.6 Å². The third-order valence-electron chi connectivity index (χ3n) is 5.10. The maximum Gasteiger partial charge on any atom is 0.446 e. The number of carbonyl (C=O) groups is 1. The Morgan fingerprint density at radius 2 is 1.81 bits per heavy atom. The summed E-state index contributed by atoms with van der Waals surface area (Å²) in [4.78, 5) is 21.3. The molecule has 32 heavy (non-hydrogen) atoms. The van der Waals surface area contributed by atoms with E-state index in [4.69, 9.17) is 4.74 Å². The smallest absolute Gasteiger partial charge is 0.446 e. The van der Waals surface area contributed by atoms with Gasteiger partial charge in [-0.15, -0.1) is 0 Å². The molecule has 0 aliphatic carbocycles. The normalized spacial score (nSPS) is 16.9. The molecule has 1 aliphatic rings. The fourth-order valence-corrected chi connectivity index (χ4v) is 4.13. The minimum atomic E-state index is -4.30. The SMILES string of the molecule is CC(C)(C)OC(=O)c1cnccc1CN1CN(c2ccc(SC(F)(F)F)cc2)CC1(C)C. The molecule has 5 nitrogen and oxygen atoms in total. The fourth-order valence-electron chi connectivity index (χ4n) is 3.59. The number of anilines is 1. The Hall–Kier alpha value is -2.26. The molecule has 2 heterocycles. The highest BCUT2D eigenvalue weighted by molar-refractivity contribution is 8.00. The number of nitrogens with zero attached hydrogens (tertiary/aromatic N) is 3. The van der Waals surface area contributed by atoms with Gasteiger partial charge in [-0.05, 0) is 82.3 Å². The Morgan fingerprint density at radius 1 is 1.16 bits per heavy atom. The fraction of sp³-hybridized carbons (Fsp3) is 0.478. The van der Waals surface area contributed by atoms with Gasteiger partial charge in [0.05, 0.1) is 12.2 Å². The van der Waals surface area contributed by atoms with Crippen LogP contribution in [0.4, 0.5) is 18.9 Å². The standard InChI is InChI=1S/C23H28F3N3O2S/c1-21(2,3)31-20(30)19-12-27-11-10-16(19)13-29-15-28(14-22(29,4)5)17-6-8-18(9-7-17)32-23(24,25)26/h6-12H,13-15H2,1-5H3. The molecule has 0 amide bonds. The highest BCUT2D eigenvalue weighted by Gasteiger charge is 2.38. The largest absolute Gasteiger partial charge is 0.456 e. The number of rotatable bonds is 5. The third-order valence-corrected chi connectivity index (χ3v) is 5.84. The second-order valence-corrected chi connectivity index (χ2v) is 10.6. The zero-order valence-corrected chi connectivity index (χ0v) is 19.7. The Balaban J connectivity index is 1.75. The maximum absolute atomic E-state index is 12.7. The molecule has 0 bridgehead atoms. The number of aromatic nitrogens is 1. The van der Waals surface area contributed by atoms with Gasteiger partial charge in [0, 0.05) is 41.6 Å². The average molecular weight is 468 g/mol. The third kappa shape index (κ3) is 6.38. The highest BCUT2D eigenvalue weighted by atomic mass is 32.2. The first kappa shape index (κ1) is 24.4. The molecule has 1 saturated heterocycles. The quantitative estimate of drug-likeness (QED) is 0.415. The molecule has 0 unspecified atom stereocenters. The molecule has 174 valence electrons. The molecule has 3 rings (SSSR count). The summed E-state index contributed by atoms with van der Waals surface area (Å²) in [6.45, 7) is 11.5. The minimum Gasteiger partial charge on any atom is -0.456 e. The molecule has 1 aromatic carbocycles. The van der Waals surface area contributed by atoms with Crippen molar-refractivity contribution in [3.8, 4) is 0 Å². The van der Waals surface area contributed by atoms with Gasteiger partial charge < -0.3 is 9.64 Å². The second kappa shape index (κ2) is 8.94. The van der Waals surface area contributed by atoms with E-state index in [1.165, 1.54) is 18.3 Å². The van der Waals surface area contributed by atoms with Gasteiger partial charge in [0.15, 0.2) is 0 Å². The molecule has 0 radical (unpaired) electrons. The van der Waals surface area contributed by atoms with Crippen molar-refractivity contribution in [2.75, 3.05) is 18.1 Å². The molecule has 1 aliphatic heterocycles. The number of carbonyl (C=O) groups excluding carboxylic acids is 1. The first-order valence-electron chi connectivity index (χ1n) is 10.3. The number of thioether (sulfide) groups is 1. The van der Waals surface area contributed by atoms with Crippen LogP contribution in [0.3, 0.4) is 0 Å². The lowest BCUT2D eigenvalue weighted by Crippen LogP contribution is -2.40. The van der Waals surface area contributed by atoms with Crippen molar-refractivity contribution in [1.29, 1.82) is 0 Å². The Kier molecular flexibility index (Phi) is 6.81. The molecule has 0 saturated carbocycles. The monoisotopic (exact) mass is 467 g/mol. The zero-order valence-electron chi connectivity index (χ0n) is 18.9. The van der Waals surface area contributed by atoms with Crippen LogP contribution in [0.2, 0.25) is 0 Å². The summed E-state index contributed by atoms with van der Waals surface area (Å²) in [6, 6.07) is 8.23. The predicted octanol–water partition coefficient (Wildman–Crippen LogP) is 5.71. The minimum absolute atomic E-state index is 0.117. The van der Waals surface area contributed by atoms with E-state index in [-0.39, 0.29) is 22.2 Å². The molecule has 0 spiro atoms. The van der Waals surface area contributed by atoms with Crippen molar-refractivity contribution < 1.29 is 22.7 Å². The number of benzene rings is 1. The van der Waals surface area contributed by atoms with Crippen LogP contribution in [-0.2, 0) is 11.3 Å². The van der Waals surface area contributed by atoms with Crippen molar-refractivity contribution in [3.05, 3.63) is 53.9 Å². The van der Waals surface area contributed by atoms with Crippen molar-refractivity contribution in [1.82, 2.24) is 9.88 Å². The van der Waals surface area contributed by atoms with Crippen LogP contribution in [-0.4, -0.2) is 45.7 Å². The summed E-state index contributed by atoms with van der Waals surface area (Å²) in [5.41, 5.74) is -3.01. The lowest BCUT2D eigenvalue weighted by atomic mass is 10.0. The summed E-state index contributed by atoms with van der Waals surface area (Å²) in [6.07, 6.45) is 3.18. The number of hydrogen-bond donors (Lipinski definition) is 0. The van der Waals surface area contributed by atoms with Gasteiger partial charge in [-0.3, -0.25) is 9.88 Å². The van der Waals surface area contributed by atoms with Gasteiger partial charge >= 0.3 is 11.5 Å². The molecule has 9 heteroatoms. The van der Waals surface area contributed by atoms with Gasteiger partial charge in [-0.25, -0.2) is 4.79 Å². The lowest BCUT2D eigenvalue weighted by Gasteiger charge is -2.30. The van der Waals surface area contributed by atoms with Gasteiger partial charge in [-0.1, -0.05) is 0 Å². The average Bonchev–Trinajstić information content (AvgIpc) is 2.94. The first-order valence-corrected chi connectivity index (χ1v) is 11.1. The number of alkyl halides is 3. The van der Waals surface area contributed by atoms with Gasteiger partial charge in [0.1, 0.15) is 5.60 Å². The van der Waals surface area contributed by atoms with Crippen LogP contribution < -0.4 is 4.90 Å². The lowest BCUT2D eigenvalue weighted by molar-refractivity contribution is -0.0328. The molecule has 1 fully saturated rings. The van der Waals surface area contributed by atoms with Crippen molar-refractivity contribution in [3.63, 3.8) is 0 Å². The first-order chi connectivity index (χ1) is 14.7. The second-order valence-electron chi connectivity index (χ2n) is 9.43. The number of halogens is 3. The van der Waals surface area contributed by atoms with Crippen LogP contribution >= 0.6 is 11.8 Å². The Labute approximate surface area is 190 Å². The number of pyridine rings is 1. The molecule has 0 atom stereocenters. The highest BCUT2D eigenvalue weighted by Crippen LogP contribution is 2.38. The van der Waals surface area contributed by atoms with Gasteiger partial charge in [0.25, 0.3) is 0 Å². The van der Waals surface area contributed by atoms with Crippen LogP contribution in [0.15, 0.2) is 47.6 Å². The number of ether oxygens (including phenoxy) is 1. The number of hydrogen-bond acceptors (Lipinski definition) is 6. The molecule has 1 aromatic heterocycles. The van der Waals surface area contributed by atoms with Crippen molar-refractivity contribution in [2.24, 2.45) is 0 Å². The summed E-state index contributed by atoms with van der Waals surface area (Å²) in [5, 5.41) is 0. The summed E-state index contributed by atoms with van der Waals surface area (Å²) >= 11 is -0.117. The van der Waals surface area contributed by atoms with E-state index < -0.39 is 17.1 Å². The van der Waals surface area contributed by atoms with Crippen molar-refractivity contribution in [2.45, 2.75) is 62.7 Å². The summed E-state index contributed by atoms with van der Waals surface area (Å²) < 4.78 is 43.3.